The Labute approximate surface area is 156 Å². The molecule has 0 aliphatic heterocycles. The van der Waals surface area contributed by atoms with Crippen LogP contribution in [0.5, 0.6) is 0 Å². The molecule has 0 fully saturated rings. The Morgan fingerprint density at radius 3 is 2.41 bits per heavy atom. The highest BCUT2D eigenvalue weighted by molar-refractivity contribution is 7.91. The zero-order valence-corrected chi connectivity index (χ0v) is 15.7. The molecule has 0 aromatic heterocycles. The third-order valence-corrected chi connectivity index (χ3v) is 5.47. The number of sulfone groups is 1. The molecule has 0 heterocycles. The van der Waals surface area contributed by atoms with E-state index in [-0.39, 0.29) is 5.56 Å². The summed E-state index contributed by atoms with van der Waals surface area (Å²) >= 11 is 0. The van der Waals surface area contributed by atoms with Crippen LogP contribution in [0.1, 0.15) is 29.2 Å². The highest BCUT2D eigenvalue weighted by atomic mass is 32.2. The van der Waals surface area contributed by atoms with Gasteiger partial charge in [-0.3, -0.25) is 4.79 Å². The number of alkyl halides is 3. The summed E-state index contributed by atoms with van der Waals surface area (Å²) in [6.07, 6.45) is -3.90. The average molecular weight is 399 g/mol. The molecule has 8 heteroatoms. The Bertz CT molecular complexity index is 937. The average Bonchev–Trinajstić information content (AvgIpc) is 2.55. The molecule has 0 aliphatic rings. The number of hydrogen-bond acceptors (Lipinski definition) is 3. The molecule has 0 unspecified atom stereocenters. The second-order valence-electron chi connectivity index (χ2n) is 6.24. The fourth-order valence-corrected chi connectivity index (χ4v) is 3.98. The number of carbonyl (C=O) groups excluding carboxylic acids is 1. The molecule has 27 heavy (non-hydrogen) atoms. The Hall–Kier alpha value is -2.35. The van der Waals surface area contributed by atoms with Gasteiger partial charge in [0.15, 0.2) is 9.84 Å². The molecule has 2 aromatic carbocycles. The number of anilines is 1. The van der Waals surface area contributed by atoms with Crippen molar-refractivity contribution < 1.29 is 26.4 Å². The van der Waals surface area contributed by atoms with Crippen LogP contribution in [0.2, 0.25) is 0 Å². The predicted molar refractivity (Wildman–Crippen MR) is 98.1 cm³/mol. The third kappa shape index (κ3) is 5.82. The minimum atomic E-state index is -4.56. The van der Waals surface area contributed by atoms with Gasteiger partial charge in [0.1, 0.15) is 5.75 Å². The highest BCUT2D eigenvalue weighted by Crippen LogP contribution is 2.30. The molecule has 4 nitrogen and oxygen atoms in total. The van der Waals surface area contributed by atoms with E-state index in [2.05, 4.69) is 5.32 Å². The van der Waals surface area contributed by atoms with Crippen LogP contribution < -0.4 is 5.32 Å². The fourth-order valence-electron chi connectivity index (χ4n) is 2.72. The number of aryl methyl sites for hydroxylation is 2. The minimum absolute atomic E-state index is 0.0113. The summed E-state index contributed by atoms with van der Waals surface area (Å²) in [7, 11) is -3.93. The van der Waals surface area contributed by atoms with Gasteiger partial charge in [-0.2, -0.15) is 13.2 Å². The van der Waals surface area contributed by atoms with E-state index in [0.29, 0.717) is 12.1 Å². The van der Waals surface area contributed by atoms with Crippen LogP contribution in [0.3, 0.4) is 0 Å². The topological polar surface area (TPSA) is 63.2 Å². The molecular weight excluding hydrogens is 379 g/mol. The van der Waals surface area contributed by atoms with Crippen LogP contribution in [-0.2, 0) is 33.0 Å². The van der Waals surface area contributed by atoms with Crippen LogP contribution in [0, 0.1) is 6.92 Å². The molecule has 1 amide bonds. The lowest BCUT2D eigenvalue weighted by Gasteiger charge is -2.13. The normalized spacial score (nSPS) is 12.0. The molecular formula is C19H20F3NO3S. The van der Waals surface area contributed by atoms with E-state index in [1.165, 1.54) is 6.07 Å². The number of hydrogen-bond donors (Lipinski definition) is 1. The fraction of sp³-hybridized carbons (Fsp3) is 0.316. The van der Waals surface area contributed by atoms with E-state index in [9.17, 15) is 26.4 Å². The molecule has 0 spiro atoms. The van der Waals surface area contributed by atoms with Gasteiger partial charge in [0.05, 0.1) is 11.3 Å². The first-order valence-electron chi connectivity index (χ1n) is 8.26. The zero-order valence-electron chi connectivity index (χ0n) is 14.9. The molecule has 2 rings (SSSR count). The monoisotopic (exact) mass is 399 g/mol. The van der Waals surface area contributed by atoms with Gasteiger partial charge >= 0.3 is 6.18 Å². The Kier molecular flexibility index (Phi) is 6.30. The van der Waals surface area contributed by atoms with Crippen molar-refractivity contribution in [1.82, 2.24) is 0 Å². The number of benzene rings is 2. The molecule has 0 saturated heterocycles. The van der Waals surface area contributed by atoms with Crippen molar-refractivity contribution in [3.8, 4) is 0 Å². The summed E-state index contributed by atoms with van der Waals surface area (Å²) in [6.45, 7) is 3.71. The summed E-state index contributed by atoms with van der Waals surface area (Å²) < 4.78 is 62.8. The second kappa shape index (κ2) is 8.12. The lowest BCUT2D eigenvalue weighted by molar-refractivity contribution is -0.137. The van der Waals surface area contributed by atoms with Gasteiger partial charge in [-0.15, -0.1) is 0 Å². The summed E-state index contributed by atoms with van der Waals surface area (Å²) in [5.41, 5.74) is 1.31. The standard InChI is InChI=1S/C19H20F3NO3S/c1-3-15-8-4-6-13(2)18(15)23-17(24)12-27(25,26)11-14-7-5-9-16(10-14)19(20,21)22/h4-10H,3,11-12H2,1-2H3,(H,23,24). The van der Waals surface area contributed by atoms with Crippen molar-refractivity contribution in [2.24, 2.45) is 0 Å². The number of amides is 1. The molecule has 0 atom stereocenters. The van der Waals surface area contributed by atoms with Gasteiger partial charge in [-0.05, 0) is 36.1 Å². The minimum Gasteiger partial charge on any atom is -0.325 e. The lowest BCUT2D eigenvalue weighted by atomic mass is 10.1. The van der Waals surface area contributed by atoms with Crippen molar-refractivity contribution >= 4 is 21.4 Å². The molecule has 146 valence electrons. The lowest BCUT2D eigenvalue weighted by Crippen LogP contribution is -2.25. The molecule has 1 N–H and O–H groups in total. The summed E-state index contributed by atoms with van der Waals surface area (Å²) in [4.78, 5) is 12.2. The maximum Gasteiger partial charge on any atom is 0.416 e. The highest BCUT2D eigenvalue weighted by Gasteiger charge is 2.30. The van der Waals surface area contributed by atoms with E-state index in [1.807, 2.05) is 19.1 Å². The van der Waals surface area contributed by atoms with Crippen LogP contribution in [-0.4, -0.2) is 20.1 Å². The number of carbonyl (C=O) groups is 1. The van der Waals surface area contributed by atoms with Crippen molar-refractivity contribution in [2.75, 3.05) is 11.1 Å². The molecule has 0 saturated carbocycles. The van der Waals surface area contributed by atoms with Crippen molar-refractivity contribution in [1.29, 1.82) is 0 Å². The first kappa shape index (κ1) is 21.0. The Morgan fingerprint density at radius 2 is 1.78 bits per heavy atom. The van der Waals surface area contributed by atoms with Crippen molar-refractivity contribution in [3.63, 3.8) is 0 Å². The van der Waals surface area contributed by atoms with Gasteiger partial charge in [0.25, 0.3) is 0 Å². The number of halogens is 3. The second-order valence-corrected chi connectivity index (χ2v) is 8.31. The Morgan fingerprint density at radius 1 is 1.11 bits per heavy atom. The largest absolute Gasteiger partial charge is 0.416 e. The summed E-state index contributed by atoms with van der Waals surface area (Å²) in [6, 6.07) is 9.56. The van der Waals surface area contributed by atoms with Gasteiger partial charge < -0.3 is 5.32 Å². The van der Waals surface area contributed by atoms with E-state index in [1.54, 1.807) is 13.0 Å². The van der Waals surface area contributed by atoms with Crippen LogP contribution in [0.25, 0.3) is 0 Å². The number of rotatable bonds is 6. The van der Waals surface area contributed by atoms with E-state index >= 15 is 0 Å². The first-order chi connectivity index (χ1) is 12.5. The summed E-state index contributed by atoms with van der Waals surface area (Å²) in [5.74, 6) is -2.16. The van der Waals surface area contributed by atoms with Crippen molar-refractivity contribution in [2.45, 2.75) is 32.2 Å². The Balaban J connectivity index is 2.12. The molecule has 0 radical (unpaired) electrons. The van der Waals surface area contributed by atoms with Crippen LogP contribution >= 0.6 is 0 Å². The van der Waals surface area contributed by atoms with Gasteiger partial charge in [-0.1, -0.05) is 43.3 Å². The first-order valence-corrected chi connectivity index (χ1v) is 10.1. The van der Waals surface area contributed by atoms with Gasteiger partial charge in [0.2, 0.25) is 5.91 Å². The quantitative estimate of drug-likeness (QED) is 0.794. The van der Waals surface area contributed by atoms with Crippen LogP contribution in [0.4, 0.5) is 18.9 Å². The maximum absolute atomic E-state index is 12.7. The maximum atomic E-state index is 12.7. The zero-order chi connectivity index (χ0) is 20.2. The van der Waals surface area contributed by atoms with E-state index in [0.717, 1.165) is 29.3 Å². The molecule has 0 aliphatic carbocycles. The SMILES string of the molecule is CCc1cccc(C)c1NC(=O)CS(=O)(=O)Cc1cccc(C(F)(F)F)c1. The summed E-state index contributed by atoms with van der Waals surface area (Å²) in [5, 5.41) is 2.61. The predicted octanol–water partition coefficient (Wildman–Crippen LogP) is 4.13. The van der Waals surface area contributed by atoms with E-state index < -0.39 is 39.0 Å². The van der Waals surface area contributed by atoms with Crippen molar-refractivity contribution in [3.05, 3.63) is 64.7 Å². The molecule has 2 aromatic rings. The van der Waals surface area contributed by atoms with Gasteiger partial charge in [0, 0.05) is 5.69 Å². The van der Waals surface area contributed by atoms with Crippen LogP contribution in [0.15, 0.2) is 42.5 Å². The third-order valence-electron chi connectivity index (χ3n) is 4.00. The number of nitrogens with one attached hydrogen (secondary N) is 1. The molecule has 0 bridgehead atoms. The van der Waals surface area contributed by atoms with Gasteiger partial charge in [-0.25, -0.2) is 8.42 Å². The number of para-hydroxylation sites is 1. The smallest absolute Gasteiger partial charge is 0.325 e. The van der Waals surface area contributed by atoms with E-state index in [4.69, 9.17) is 0 Å².